The summed E-state index contributed by atoms with van der Waals surface area (Å²) in [5.74, 6) is -0.144. The van der Waals surface area contributed by atoms with Gasteiger partial charge in [-0.25, -0.2) is 9.37 Å². The molecule has 0 saturated carbocycles. The zero-order valence-corrected chi connectivity index (χ0v) is 18.2. The van der Waals surface area contributed by atoms with Gasteiger partial charge in [0.25, 0.3) is 5.56 Å². The van der Waals surface area contributed by atoms with Crippen molar-refractivity contribution in [2.24, 2.45) is 0 Å². The monoisotopic (exact) mass is 428 g/mol. The Kier molecular flexibility index (Phi) is 5.71. The van der Waals surface area contributed by atoms with E-state index in [9.17, 15) is 14.0 Å². The fourth-order valence-corrected chi connectivity index (χ4v) is 5.22. The lowest BCUT2D eigenvalue weighted by atomic mass is 9.97. The second-order valence-corrected chi connectivity index (χ2v) is 9.09. The van der Waals surface area contributed by atoms with Crippen LogP contribution in [0.3, 0.4) is 0 Å². The van der Waals surface area contributed by atoms with Crippen LogP contribution in [0.15, 0.2) is 29.1 Å². The van der Waals surface area contributed by atoms with E-state index >= 15 is 0 Å². The van der Waals surface area contributed by atoms with E-state index in [1.165, 1.54) is 33.7 Å². The van der Waals surface area contributed by atoms with Crippen LogP contribution >= 0.6 is 11.3 Å². The van der Waals surface area contributed by atoms with Crippen molar-refractivity contribution in [3.05, 3.63) is 56.7 Å². The van der Waals surface area contributed by atoms with Crippen LogP contribution in [-0.2, 0) is 24.2 Å². The number of benzene rings is 1. The van der Waals surface area contributed by atoms with Crippen LogP contribution in [0.2, 0.25) is 0 Å². The Bertz CT molecular complexity index is 1150. The van der Waals surface area contributed by atoms with Crippen LogP contribution < -0.4 is 10.9 Å². The number of aromatic nitrogens is 2. The highest BCUT2D eigenvalue weighted by Crippen LogP contribution is 2.34. The Morgan fingerprint density at radius 3 is 2.67 bits per heavy atom. The van der Waals surface area contributed by atoms with Crippen LogP contribution in [0.4, 0.5) is 10.1 Å². The maximum absolute atomic E-state index is 13.6. The first-order chi connectivity index (χ1) is 14.3. The van der Waals surface area contributed by atoms with Gasteiger partial charge in [0, 0.05) is 10.6 Å². The van der Waals surface area contributed by atoms with E-state index in [0.29, 0.717) is 23.4 Å². The van der Waals surface area contributed by atoms with Gasteiger partial charge in [-0.1, -0.05) is 0 Å². The number of aryl methyl sites for hydroxylation is 2. The molecule has 8 heteroatoms. The van der Waals surface area contributed by atoms with Gasteiger partial charge >= 0.3 is 0 Å². The van der Waals surface area contributed by atoms with Crippen LogP contribution in [0, 0.1) is 5.82 Å². The minimum absolute atomic E-state index is 0.155. The van der Waals surface area contributed by atoms with E-state index in [2.05, 4.69) is 5.32 Å². The summed E-state index contributed by atoms with van der Waals surface area (Å²) in [6.07, 6.45) is 4.07. The lowest BCUT2D eigenvalue weighted by molar-refractivity contribution is -0.119. The number of halogens is 1. The summed E-state index contributed by atoms with van der Waals surface area (Å²) in [5.41, 5.74) is 1.44. The Morgan fingerprint density at radius 2 is 1.97 bits per heavy atom. The molecule has 2 aromatic heterocycles. The average Bonchev–Trinajstić information content (AvgIpc) is 3.07. The van der Waals surface area contributed by atoms with E-state index in [-0.39, 0.29) is 17.3 Å². The zero-order valence-electron chi connectivity index (χ0n) is 17.4. The normalized spacial score (nSPS) is 14.7. The minimum atomic E-state index is -0.756. The summed E-state index contributed by atoms with van der Waals surface area (Å²) in [4.78, 5) is 35.3. The summed E-state index contributed by atoms with van der Waals surface area (Å²) in [7, 11) is 3.81. The van der Waals surface area contributed by atoms with Gasteiger partial charge in [0.05, 0.1) is 11.9 Å². The number of nitrogens with one attached hydrogen (secondary N) is 1. The van der Waals surface area contributed by atoms with Gasteiger partial charge in [0.15, 0.2) is 0 Å². The Morgan fingerprint density at radius 1 is 1.27 bits per heavy atom. The highest BCUT2D eigenvalue weighted by Gasteiger charge is 2.26. The second kappa shape index (κ2) is 8.28. The predicted octanol–water partition coefficient (Wildman–Crippen LogP) is 3.74. The number of fused-ring (bicyclic) bond motifs is 3. The Balaban J connectivity index is 1.78. The molecule has 0 aliphatic heterocycles. The van der Waals surface area contributed by atoms with Gasteiger partial charge in [-0.3, -0.25) is 14.2 Å². The first kappa shape index (κ1) is 20.7. The number of hydrogen-bond donors (Lipinski definition) is 1. The van der Waals surface area contributed by atoms with Crippen molar-refractivity contribution in [3.63, 3.8) is 0 Å². The molecule has 3 aromatic rings. The first-order valence-corrected chi connectivity index (χ1v) is 10.9. The summed E-state index contributed by atoms with van der Waals surface area (Å²) >= 11 is 1.61. The molecule has 0 fully saturated rings. The largest absolute Gasteiger partial charge is 0.324 e. The molecular formula is C22H25FN4O2S. The number of carbonyl (C=O) groups excluding carboxylic acids is 1. The summed E-state index contributed by atoms with van der Waals surface area (Å²) < 4.78 is 14.7. The second-order valence-electron chi connectivity index (χ2n) is 8.00. The third-order valence-corrected chi connectivity index (χ3v) is 6.62. The maximum Gasteiger partial charge on any atom is 0.263 e. The van der Waals surface area contributed by atoms with Gasteiger partial charge in [0.2, 0.25) is 5.91 Å². The van der Waals surface area contributed by atoms with E-state index in [1.54, 1.807) is 18.3 Å². The van der Waals surface area contributed by atoms with Crippen molar-refractivity contribution in [2.75, 3.05) is 19.4 Å². The number of amides is 1. The highest BCUT2D eigenvalue weighted by atomic mass is 32.1. The lowest BCUT2D eigenvalue weighted by Gasteiger charge is -2.21. The Hall–Kier alpha value is -2.58. The number of rotatable bonds is 5. The molecule has 30 heavy (non-hydrogen) atoms. The molecule has 1 atom stereocenters. The molecule has 0 saturated heterocycles. The van der Waals surface area contributed by atoms with E-state index in [1.807, 2.05) is 19.0 Å². The van der Waals surface area contributed by atoms with Crippen molar-refractivity contribution < 1.29 is 9.18 Å². The number of nitrogens with zero attached hydrogens (tertiary/aromatic N) is 3. The molecule has 1 amide bonds. The van der Waals surface area contributed by atoms with Crippen molar-refractivity contribution in [2.45, 2.75) is 45.2 Å². The van der Waals surface area contributed by atoms with Gasteiger partial charge in [-0.2, -0.15) is 0 Å². The van der Waals surface area contributed by atoms with E-state index in [0.717, 1.165) is 36.1 Å². The molecule has 0 spiro atoms. The fraction of sp³-hybridized carbons (Fsp3) is 0.409. The molecule has 2 heterocycles. The minimum Gasteiger partial charge on any atom is -0.324 e. The molecule has 6 nitrogen and oxygen atoms in total. The van der Waals surface area contributed by atoms with Crippen LogP contribution in [0.1, 0.15) is 42.1 Å². The highest BCUT2D eigenvalue weighted by molar-refractivity contribution is 7.18. The molecule has 1 aliphatic rings. The quantitative estimate of drug-likeness (QED) is 0.672. The molecular weight excluding hydrogens is 403 g/mol. The van der Waals surface area contributed by atoms with Gasteiger partial charge in [-0.15, -0.1) is 11.3 Å². The zero-order chi connectivity index (χ0) is 21.4. The number of thiophene rings is 1. The molecule has 0 bridgehead atoms. The molecule has 1 aliphatic carbocycles. The van der Waals surface area contributed by atoms with E-state index in [4.69, 9.17) is 4.98 Å². The number of carbonyl (C=O) groups is 1. The lowest BCUT2D eigenvalue weighted by Crippen LogP contribution is -2.36. The molecule has 0 radical (unpaired) electrons. The molecule has 1 unspecified atom stereocenters. The fourth-order valence-electron chi connectivity index (χ4n) is 3.95. The first-order valence-electron chi connectivity index (χ1n) is 10.1. The van der Waals surface area contributed by atoms with Gasteiger partial charge in [-0.05, 0) is 76.5 Å². The van der Waals surface area contributed by atoms with Crippen LogP contribution in [0.5, 0.6) is 0 Å². The molecule has 4 rings (SSSR count). The SMILES string of the molecule is CC(C(=O)Nc1ccc(F)cc1)n1c(CN(C)C)nc2sc3c(c2c1=O)CCCC3. The van der Waals surface area contributed by atoms with Crippen LogP contribution in [0.25, 0.3) is 10.2 Å². The predicted molar refractivity (Wildman–Crippen MR) is 118 cm³/mol. The summed E-state index contributed by atoms with van der Waals surface area (Å²) in [6.45, 7) is 2.15. The number of anilines is 1. The summed E-state index contributed by atoms with van der Waals surface area (Å²) in [6, 6.07) is 4.82. The third kappa shape index (κ3) is 3.89. The van der Waals surface area contributed by atoms with Crippen molar-refractivity contribution in [1.82, 2.24) is 14.5 Å². The number of hydrogen-bond acceptors (Lipinski definition) is 5. The third-order valence-electron chi connectivity index (χ3n) is 5.43. The molecule has 1 aromatic carbocycles. The smallest absolute Gasteiger partial charge is 0.263 e. The van der Waals surface area contributed by atoms with Crippen LogP contribution in [-0.4, -0.2) is 34.5 Å². The summed E-state index contributed by atoms with van der Waals surface area (Å²) in [5, 5.41) is 3.44. The topological polar surface area (TPSA) is 67.2 Å². The van der Waals surface area contributed by atoms with Crippen molar-refractivity contribution in [3.8, 4) is 0 Å². The standard InChI is InChI=1S/C22H25FN4O2S/c1-13(20(28)24-15-10-8-14(23)9-11-15)27-18(12-26(2)3)25-21-19(22(27)29)16-6-4-5-7-17(16)30-21/h8-11,13H,4-7,12H2,1-3H3,(H,24,28). The van der Waals surface area contributed by atoms with Gasteiger partial charge < -0.3 is 10.2 Å². The Labute approximate surface area is 178 Å². The van der Waals surface area contributed by atoms with Crippen molar-refractivity contribution >= 4 is 33.1 Å². The molecule has 1 N–H and O–H groups in total. The van der Waals surface area contributed by atoms with Crippen molar-refractivity contribution in [1.29, 1.82) is 0 Å². The maximum atomic E-state index is 13.6. The van der Waals surface area contributed by atoms with E-state index < -0.39 is 6.04 Å². The van der Waals surface area contributed by atoms with Gasteiger partial charge in [0.1, 0.15) is 22.5 Å². The molecule has 158 valence electrons. The average molecular weight is 429 g/mol.